The van der Waals surface area contributed by atoms with Crippen molar-refractivity contribution in [2.45, 2.75) is 25.5 Å². The Morgan fingerprint density at radius 3 is 2.09 bits per heavy atom. The molecule has 0 aromatic heterocycles. The van der Waals surface area contributed by atoms with E-state index in [2.05, 4.69) is 42.6 Å². The molecule has 0 aliphatic carbocycles. The van der Waals surface area contributed by atoms with Gasteiger partial charge in [0.05, 0.1) is 6.10 Å². The van der Waals surface area contributed by atoms with Crippen molar-refractivity contribution in [2.24, 2.45) is 0 Å². The van der Waals surface area contributed by atoms with E-state index in [1.165, 1.54) is 34.5 Å². The topological polar surface area (TPSA) is 147 Å². The summed E-state index contributed by atoms with van der Waals surface area (Å²) in [5.74, 6) is -2.63. The van der Waals surface area contributed by atoms with Crippen LogP contribution in [-0.2, 0) is 16.0 Å². The van der Waals surface area contributed by atoms with Gasteiger partial charge in [0.1, 0.15) is 11.5 Å². The second-order valence-corrected chi connectivity index (χ2v) is 7.46. The normalized spacial score (nSPS) is 12.7. The third kappa shape index (κ3) is 8.64. The Kier molecular flexibility index (Phi) is 9.41. The molecule has 0 radical (unpaired) electrons. The molecular formula is C25H27NO7. The molecule has 0 bridgehead atoms. The van der Waals surface area contributed by atoms with Crippen LogP contribution in [0, 0.1) is 0 Å². The predicted octanol–water partition coefficient (Wildman–Crippen LogP) is 3.22. The van der Waals surface area contributed by atoms with Gasteiger partial charge in [-0.05, 0) is 47.4 Å². The van der Waals surface area contributed by atoms with Gasteiger partial charge in [0.2, 0.25) is 0 Å². The minimum absolute atomic E-state index is 0.0575. The van der Waals surface area contributed by atoms with Crippen LogP contribution in [0.15, 0.2) is 72.8 Å². The summed E-state index contributed by atoms with van der Waals surface area (Å²) in [6, 6.07) is 18.9. The highest BCUT2D eigenvalue weighted by molar-refractivity contribution is 5.89. The number of rotatable bonds is 8. The van der Waals surface area contributed by atoms with Gasteiger partial charge < -0.3 is 30.8 Å². The van der Waals surface area contributed by atoms with Crippen LogP contribution >= 0.6 is 0 Å². The number of aliphatic carboxylic acids is 2. The van der Waals surface area contributed by atoms with Gasteiger partial charge in [-0.1, -0.05) is 42.5 Å². The van der Waals surface area contributed by atoms with E-state index in [1.807, 2.05) is 12.1 Å². The lowest BCUT2D eigenvalue weighted by Gasteiger charge is -2.18. The van der Waals surface area contributed by atoms with Gasteiger partial charge in [-0.25, -0.2) is 9.59 Å². The molecule has 0 saturated carbocycles. The summed E-state index contributed by atoms with van der Waals surface area (Å²) in [5.41, 5.74) is 1.75. The number of nitrogens with one attached hydrogen (secondary N) is 1. The summed E-state index contributed by atoms with van der Waals surface area (Å²) in [6.45, 7) is 2.42. The molecule has 8 nitrogen and oxygen atoms in total. The Labute approximate surface area is 191 Å². The lowest BCUT2D eigenvalue weighted by atomic mass is 9.99. The molecule has 3 rings (SSSR count). The summed E-state index contributed by atoms with van der Waals surface area (Å²) in [6.07, 6.45) is 1.16. The monoisotopic (exact) mass is 453 g/mol. The Bertz CT molecular complexity index is 1090. The first-order valence-corrected chi connectivity index (χ1v) is 10.2. The number of aliphatic hydroxyl groups is 1. The fourth-order valence-electron chi connectivity index (χ4n) is 3.26. The Balaban J connectivity index is 0.000000414. The molecule has 0 amide bonds. The maximum absolute atomic E-state index is 10.3. The number of aromatic hydroxyl groups is 2. The molecule has 2 atom stereocenters. The Hall–Kier alpha value is -3.88. The van der Waals surface area contributed by atoms with E-state index >= 15 is 0 Å². The summed E-state index contributed by atoms with van der Waals surface area (Å²) >= 11 is 0. The highest BCUT2D eigenvalue weighted by Gasteiger charge is 2.12. The zero-order valence-electron chi connectivity index (χ0n) is 18.0. The number of hydrogen-bond donors (Lipinski definition) is 6. The molecule has 174 valence electrons. The van der Waals surface area contributed by atoms with E-state index in [9.17, 15) is 24.9 Å². The molecule has 0 spiro atoms. The van der Waals surface area contributed by atoms with Crippen molar-refractivity contribution in [1.29, 1.82) is 0 Å². The zero-order chi connectivity index (χ0) is 24.4. The van der Waals surface area contributed by atoms with Crippen LogP contribution in [0.25, 0.3) is 10.8 Å². The minimum atomic E-state index is -1.26. The zero-order valence-corrected chi connectivity index (χ0v) is 18.0. The van der Waals surface area contributed by atoms with Crippen LogP contribution in [0.3, 0.4) is 0 Å². The Morgan fingerprint density at radius 1 is 0.909 bits per heavy atom. The standard InChI is InChI=1S/C21H23NO3.C4H4O4/c1-14(9-16-7-4-6-15-5-2-3-8-20(15)16)22-13-21(25)17-10-18(23)12-19(24)11-17;5-3(6)1-2-4(7)8/h2-8,10-12,14,21-25H,9,13H2,1H3;1-2H,(H,5,6)(H,7,8)/t14-,21+;/m0./s1. The summed E-state index contributed by atoms with van der Waals surface area (Å²) in [7, 11) is 0. The van der Waals surface area contributed by atoms with Crippen LogP contribution in [-0.4, -0.2) is 50.1 Å². The molecule has 0 aliphatic heterocycles. The Morgan fingerprint density at radius 2 is 1.48 bits per heavy atom. The fraction of sp³-hybridized carbons (Fsp3) is 0.200. The van der Waals surface area contributed by atoms with Crippen LogP contribution in [0.1, 0.15) is 24.2 Å². The second kappa shape index (κ2) is 12.2. The molecule has 0 fully saturated rings. The molecule has 6 N–H and O–H groups in total. The maximum Gasteiger partial charge on any atom is 0.328 e. The van der Waals surface area contributed by atoms with Crippen molar-refractivity contribution >= 4 is 22.7 Å². The number of phenolic OH excluding ortho intramolecular Hbond substituents is 2. The van der Waals surface area contributed by atoms with Gasteiger partial charge in [0.25, 0.3) is 0 Å². The average Bonchev–Trinajstić information content (AvgIpc) is 2.76. The van der Waals surface area contributed by atoms with Gasteiger partial charge >= 0.3 is 11.9 Å². The molecule has 0 saturated heterocycles. The van der Waals surface area contributed by atoms with Gasteiger partial charge in [-0.2, -0.15) is 0 Å². The molecular weight excluding hydrogens is 426 g/mol. The number of benzene rings is 3. The van der Waals surface area contributed by atoms with E-state index in [0.717, 1.165) is 6.42 Å². The van der Waals surface area contributed by atoms with E-state index in [-0.39, 0.29) is 17.5 Å². The first kappa shape index (κ1) is 25.4. The van der Waals surface area contributed by atoms with Gasteiger partial charge in [0, 0.05) is 30.8 Å². The average molecular weight is 453 g/mol. The van der Waals surface area contributed by atoms with Crippen molar-refractivity contribution in [3.63, 3.8) is 0 Å². The van der Waals surface area contributed by atoms with E-state index in [1.54, 1.807) is 0 Å². The number of fused-ring (bicyclic) bond motifs is 1. The summed E-state index contributed by atoms with van der Waals surface area (Å²) < 4.78 is 0. The van der Waals surface area contributed by atoms with E-state index in [0.29, 0.717) is 24.3 Å². The number of phenols is 2. The van der Waals surface area contributed by atoms with Gasteiger partial charge in [-0.15, -0.1) is 0 Å². The smallest absolute Gasteiger partial charge is 0.328 e. The third-order valence-electron chi connectivity index (χ3n) is 4.74. The highest BCUT2D eigenvalue weighted by Crippen LogP contribution is 2.25. The summed E-state index contributed by atoms with van der Waals surface area (Å²) in [5, 5.41) is 50.7. The van der Waals surface area contributed by atoms with Gasteiger partial charge in [0.15, 0.2) is 0 Å². The number of aliphatic hydroxyl groups excluding tert-OH is 1. The SMILES string of the molecule is C[C@@H](Cc1cccc2ccccc12)NC[C@@H](O)c1cc(O)cc(O)c1.O=C(O)C=CC(=O)O. The lowest BCUT2D eigenvalue weighted by Crippen LogP contribution is -2.32. The maximum atomic E-state index is 10.3. The van der Waals surface area contributed by atoms with Crippen molar-refractivity contribution in [1.82, 2.24) is 5.32 Å². The highest BCUT2D eigenvalue weighted by atomic mass is 16.4. The van der Waals surface area contributed by atoms with Crippen LogP contribution in [0.5, 0.6) is 11.5 Å². The number of carboxylic acids is 2. The number of hydrogen-bond acceptors (Lipinski definition) is 6. The molecule has 8 heteroatoms. The molecule has 3 aromatic rings. The first-order chi connectivity index (χ1) is 15.7. The number of carboxylic acid groups (broad SMARTS) is 2. The predicted molar refractivity (Wildman–Crippen MR) is 124 cm³/mol. The van der Waals surface area contributed by atoms with E-state index in [4.69, 9.17) is 10.2 Å². The minimum Gasteiger partial charge on any atom is -0.508 e. The fourth-order valence-corrected chi connectivity index (χ4v) is 3.26. The van der Waals surface area contributed by atoms with Gasteiger partial charge in [-0.3, -0.25) is 0 Å². The van der Waals surface area contributed by atoms with Crippen LogP contribution in [0.2, 0.25) is 0 Å². The molecule has 3 aromatic carbocycles. The quantitative estimate of drug-likeness (QED) is 0.285. The van der Waals surface area contributed by atoms with Crippen molar-refractivity contribution < 1.29 is 35.1 Å². The largest absolute Gasteiger partial charge is 0.508 e. The molecule has 0 aliphatic rings. The number of carbonyl (C=O) groups is 2. The lowest BCUT2D eigenvalue weighted by molar-refractivity contribution is -0.134. The van der Waals surface area contributed by atoms with Crippen LogP contribution in [0.4, 0.5) is 0 Å². The van der Waals surface area contributed by atoms with Crippen LogP contribution < -0.4 is 5.32 Å². The van der Waals surface area contributed by atoms with Crippen molar-refractivity contribution in [2.75, 3.05) is 6.54 Å². The van der Waals surface area contributed by atoms with Crippen molar-refractivity contribution in [3.8, 4) is 11.5 Å². The third-order valence-corrected chi connectivity index (χ3v) is 4.74. The molecule has 33 heavy (non-hydrogen) atoms. The van der Waals surface area contributed by atoms with E-state index < -0.39 is 18.0 Å². The van der Waals surface area contributed by atoms with Crippen molar-refractivity contribution in [3.05, 3.63) is 83.9 Å². The summed E-state index contributed by atoms with van der Waals surface area (Å²) in [4.78, 5) is 19.1. The first-order valence-electron chi connectivity index (χ1n) is 10.2. The molecule has 0 unspecified atom stereocenters. The second-order valence-electron chi connectivity index (χ2n) is 7.46. The molecule has 0 heterocycles.